The zero-order valence-corrected chi connectivity index (χ0v) is 10.9. The minimum absolute atomic E-state index is 0.0314. The number of piperazine rings is 1. The van der Waals surface area contributed by atoms with Crippen LogP contribution in [0, 0.1) is 0 Å². The molecule has 17 heavy (non-hydrogen) atoms. The Morgan fingerprint density at radius 3 is 2.65 bits per heavy atom. The molecule has 2 heterocycles. The Labute approximate surface area is 104 Å². The summed E-state index contributed by atoms with van der Waals surface area (Å²) in [6, 6.07) is 0.0314. The quantitative estimate of drug-likeness (QED) is 0.709. The zero-order valence-electron chi connectivity index (χ0n) is 10.9. The molecule has 1 atom stereocenters. The van der Waals surface area contributed by atoms with E-state index in [0.717, 1.165) is 45.7 Å². The number of nitrogens with zero attached hydrogens (tertiary/aromatic N) is 2. The van der Waals surface area contributed by atoms with Crippen LogP contribution in [0.15, 0.2) is 11.6 Å². The van der Waals surface area contributed by atoms with Crippen molar-refractivity contribution in [3.63, 3.8) is 0 Å². The minimum atomic E-state index is 0.0314. The van der Waals surface area contributed by atoms with E-state index in [4.69, 9.17) is 0 Å². The van der Waals surface area contributed by atoms with Crippen LogP contribution in [-0.4, -0.2) is 61.0 Å². The number of amides is 1. The fraction of sp³-hybridized carbons (Fsp3) is 0.769. The van der Waals surface area contributed by atoms with Crippen molar-refractivity contribution in [2.75, 3.05) is 39.3 Å². The van der Waals surface area contributed by atoms with Crippen molar-refractivity contribution in [1.82, 2.24) is 15.1 Å². The molecule has 0 aromatic carbocycles. The van der Waals surface area contributed by atoms with Gasteiger partial charge in [0.05, 0.1) is 6.04 Å². The fourth-order valence-electron chi connectivity index (χ4n) is 2.46. The lowest BCUT2D eigenvalue weighted by Crippen LogP contribution is -2.54. The van der Waals surface area contributed by atoms with Crippen molar-refractivity contribution < 1.29 is 4.79 Å². The van der Waals surface area contributed by atoms with Gasteiger partial charge in [-0.1, -0.05) is 11.6 Å². The van der Waals surface area contributed by atoms with Gasteiger partial charge in [0.2, 0.25) is 5.91 Å². The van der Waals surface area contributed by atoms with E-state index in [2.05, 4.69) is 23.2 Å². The summed E-state index contributed by atoms with van der Waals surface area (Å²) in [5.74, 6) is 0.288. The molecule has 0 aliphatic carbocycles. The first kappa shape index (κ1) is 12.6. The Balaban J connectivity index is 1.90. The molecule has 0 radical (unpaired) electrons. The summed E-state index contributed by atoms with van der Waals surface area (Å²) in [5.41, 5.74) is 1.41. The van der Waals surface area contributed by atoms with Gasteiger partial charge in [0.25, 0.3) is 0 Å². The highest BCUT2D eigenvalue weighted by Crippen LogP contribution is 2.13. The summed E-state index contributed by atoms with van der Waals surface area (Å²) in [7, 11) is 0. The SMILES string of the molecule is CC1=CCN(C(=O)C(C)N2CCNCC2)CC1. The van der Waals surface area contributed by atoms with E-state index in [0.29, 0.717) is 0 Å². The van der Waals surface area contributed by atoms with Gasteiger partial charge in [-0.15, -0.1) is 0 Å². The molecule has 1 N–H and O–H groups in total. The number of carbonyl (C=O) groups excluding carboxylic acids is 1. The van der Waals surface area contributed by atoms with Crippen LogP contribution < -0.4 is 5.32 Å². The summed E-state index contributed by atoms with van der Waals surface area (Å²) in [5, 5.41) is 3.32. The van der Waals surface area contributed by atoms with Crippen LogP contribution in [0.1, 0.15) is 20.3 Å². The summed E-state index contributed by atoms with van der Waals surface area (Å²) in [6.45, 7) is 9.82. The monoisotopic (exact) mass is 237 g/mol. The van der Waals surface area contributed by atoms with Gasteiger partial charge in [-0.3, -0.25) is 9.69 Å². The summed E-state index contributed by atoms with van der Waals surface area (Å²) in [4.78, 5) is 16.6. The molecule has 0 aromatic rings. The molecule has 0 saturated carbocycles. The maximum Gasteiger partial charge on any atom is 0.239 e. The van der Waals surface area contributed by atoms with Crippen LogP contribution in [0.3, 0.4) is 0 Å². The van der Waals surface area contributed by atoms with Crippen molar-refractivity contribution >= 4 is 5.91 Å². The number of hydrogen-bond donors (Lipinski definition) is 1. The Morgan fingerprint density at radius 2 is 2.06 bits per heavy atom. The summed E-state index contributed by atoms with van der Waals surface area (Å²) in [6.07, 6.45) is 3.20. The van der Waals surface area contributed by atoms with E-state index in [1.54, 1.807) is 0 Å². The topological polar surface area (TPSA) is 35.6 Å². The number of nitrogens with one attached hydrogen (secondary N) is 1. The van der Waals surface area contributed by atoms with Gasteiger partial charge >= 0.3 is 0 Å². The number of hydrogen-bond acceptors (Lipinski definition) is 3. The molecular weight excluding hydrogens is 214 g/mol. The highest BCUT2D eigenvalue weighted by Gasteiger charge is 2.27. The van der Waals surface area contributed by atoms with E-state index >= 15 is 0 Å². The van der Waals surface area contributed by atoms with E-state index in [9.17, 15) is 4.79 Å². The van der Waals surface area contributed by atoms with Crippen molar-refractivity contribution in [2.45, 2.75) is 26.3 Å². The molecule has 2 aliphatic rings. The van der Waals surface area contributed by atoms with Gasteiger partial charge in [-0.2, -0.15) is 0 Å². The molecule has 1 amide bonds. The van der Waals surface area contributed by atoms with Gasteiger partial charge in [0, 0.05) is 39.3 Å². The Kier molecular flexibility index (Phi) is 4.18. The van der Waals surface area contributed by atoms with Crippen LogP contribution in [0.25, 0.3) is 0 Å². The fourth-order valence-corrected chi connectivity index (χ4v) is 2.46. The average Bonchev–Trinajstić information content (AvgIpc) is 2.39. The van der Waals surface area contributed by atoms with Crippen molar-refractivity contribution in [2.24, 2.45) is 0 Å². The lowest BCUT2D eigenvalue weighted by molar-refractivity contribution is -0.136. The third kappa shape index (κ3) is 3.07. The van der Waals surface area contributed by atoms with Gasteiger partial charge in [0.1, 0.15) is 0 Å². The largest absolute Gasteiger partial charge is 0.337 e. The average molecular weight is 237 g/mol. The Bertz CT molecular complexity index is 308. The standard InChI is InChI=1S/C13H23N3O/c1-11-3-7-16(8-4-11)13(17)12(2)15-9-5-14-6-10-15/h3,12,14H,4-10H2,1-2H3. The van der Waals surface area contributed by atoms with Crippen LogP contribution in [-0.2, 0) is 4.79 Å². The van der Waals surface area contributed by atoms with Gasteiger partial charge < -0.3 is 10.2 Å². The Morgan fingerprint density at radius 1 is 1.35 bits per heavy atom. The third-order valence-corrected chi connectivity index (χ3v) is 3.80. The highest BCUT2D eigenvalue weighted by molar-refractivity contribution is 5.81. The maximum absolute atomic E-state index is 12.3. The molecule has 96 valence electrons. The molecule has 0 spiro atoms. The predicted molar refractivity (Wildman–Crippen MR) is 68.9 cm³/mol. The molecular formula is C13H23N3O. The molecule has 4 nitrogen and oxygen atoms in total. The van der Waals surface area contributed by atoms with Gasteiger partial charge in [0.15, 0.2) is 0 Å². The predicted octanol–water partition coefficient (Wildman–Crippen LogP) is 0.459. The van der Waals surface area contributed by atoms with E-state index in [1.807, 2.05) is 11.8 Å². The number of carbonyl (C=O) groups is 1. The highest BCUT2D eigenvalue weighted by atomic mass is 16.2. The minimum Gasteiger partial charge on any atom is -0.337 e. The second-order valence-electron chi connectivity index (χ2n) is 5.05. The molecule has 0 bridgehead atoms. The Hall–Kier alpha value is -0.870. The molecule has 1 fully saturated rings. The molecule has 1 unspecified atom stereocenters. The normalized spacial score (nSPS) is 24.4. The van der Waals surface area contributed by atoms with Gasteiger partial charge in [-0.05, 0) is 20.3 Å². The van der Waals surface area contributed by atoms with E-state index in [1.165, 1.54) is 5.57 Å². The van der Waals surface area contributed by atoms with E-state index in [-0.39, 0.29) is 11.9 Å². The first-order chi connectivity index (χ1) is 8.18. The molecule has 4 heteroatoms. The third-order valence-electron chi connectivity index (χ3n) is 3.80. The van der Waals surface area contributed by atoms with Crippen LogP contribution in [0.4, 0.5) is 0 Å². The smallest absolute Gasteiger partial charge is 0.239 e. The molecule has 1 saturated heterocycles. The van der Waals surface area contributed by atoms with Crippen molar-refractivity contribution in [3.8, 4) is 0 Å². The van der Waals surface area contributed by atoms with Crippen molar-refractivity contribution in [3.05, 3.63) is 11.6 Å². The van der Waals surface area contributed by atoms with Gasteiger partial charge in [-0.25, -0.2) is 0 Å². The van der Waals surface area contributed by atoms with Crippen molar-refractivity contribution in [1.29, 1.82) is 0 Å². The first-order valence-electron chi connectivity index (χ1n) is 6.57. The maximum atomic E-state index is 12.3. The van der Waals surface area contributed by atoms with Crippen LogP contribution in [0.2, 0.25) is 0 Å². The number of rotatable bonds is 2. The van der Waals surface area contributed by atoms with Crippen LogP contribution >= 0.6 is 0 Å². The van der Waals surface area contributed by atoms with Crippen LogP contribution in [0.5, 0.6) is 0 Å². The molecule has 2 aliphatic heterocycles. The lowest BCUT2D eigenvalue weighted by atomic mass is 10.1. The second-order valence-corrected chi connectivity index (χ2v) is 5.05. The zero-order chi connectivity index (χ0) is 12.3. The molecule has 0 aromatic heterocycles. The lowest BCUT2D eigenvalue weighted by Gasteiger charge is -2.35. The second kappa shape index (κ2) is 5.65. The summed E-state index contributed by atoms with van der Waals surface area (Å²) >= 11 is 0. The van der Waals surface area contributed by atoms with E-state index < -0.39 is 0 Å². The first-order valence-corrected chi connectivity index (χ1v) is 6.57. The summed E-state index contributed by atoms with van der Waals surface area (Å²) < 4.78 is 0. The molecule has 2 rings (SSSR count).